The minimum Gasteiger partial charge on any atom is -0.366 e. The van der Waals surface area contributed by atoms with Crippen molar-refractivity contribution in [3.63, 3.8) is 0 Å². The molecule has 0 bridgehead atoms. The summed E-state index contributed by atoms with van der Waals surface area (Å²) < 4.78 is 25.0. The van der Waals surface area contributed by atoms with Crippen LogP contribution in [0, 0.1) is 0 Å². The summed E-state index contributed by atoms with van der Waals surface area (Å²) in [6, 6.07) is 4.73. The maximum atomic E-state index is 11.2. The molecule has 2 N–H and O–H groups in total. The highest BCUT2D eigenvalue weighted by atomic mass is 32.2. The number of sulfonamides is 1. The van der Waals surface area contributed by atoms with E-state index in [-0.39, 0.29) is 10.5 Å². The van der Waals surface area contributed by atoms with Crippen molar-refractivity contribution in [2.24, 2.45) is 10.1 Å². The fraction of sp³-hybridized carbons (Fsp3) is 0. The van der Waals surface area contributed by atoms with Crippen molar-refractivity contribution in [2.45, 2.75) is 4.90 Å². The van der Waals surface area contributed by atoms with E-state index in [1.807, 2.05) is 0 Å². The highest BCUT2D eigenvalue weighted by Gasteiger charge is 2.12. The number of carbonyl (C=O) groups excluding carboxylic acids is 2. The minimum atomic E-state index is -4.00. The van der Waals surface area contributed by atoms with Crippen LogP contribution in [0.15, 0.2) is 33.6 Å². The Bertz CT molecular complexity index is 526. The van der Waals surface area contributed by atoms with Gasteiger partial charge in [-0.15, -0.1) is 0 Å². The molecule has 0 aliphatic heterocycles. The van der Waals surface area contributed by atoms with Crippen LogP contribution >= 0.6 is 0 Å². The lowest BCUT2D eigenvalue weighted by molar-refractivity contribution is 0.1000. The predicted molar refractivity (Wildman–Crippen MR) is 50.3 cm³/mol. The highest BCUT2D eigenvalue weighted by molar-refractivity contribution is 7.90. The zero-order valence-corrected chi connectivity index (χ0v) is 8.19. The van der Waals surface area contributed by atoms with Gasteiger partial charge in [-0.3, -0.25) is 4.79 Å². The highest BCUT2D eigenvalue weighted by Crippen LogP contribution is 2.12. The Morgan fingerprint density at radius 2 is 1.80 bits per heavy atom. The van der Waals surface area contributed by atoms with Crippen molar-refractivity contribution in [3.05, 3.63) is 29.8 Å². The number of hydrogen-bond donors (Lipinski definition) is 1. The van der Waals surface area contributed by atoms with Crippen LogP contribution in [0.3, 0.4) is 0 Å². The average Bonchev–Trinajstić information content (AvgIpc) is 2.18. The van der Waals surface area contributed by atoms with E-state index in [9.17, 15) is 18.0 Å². The lowest BCUT2D eigenvalue weighted by Gasteiger charge is -1.97. The second-order valence-corrected chi connectivity index (χ2v) is 4.15. The number of benzene rings is 1. The molecule has 0 heterocycles. The van der Waals surface area contributed by atoms with Gasteiger partial charge in [0.2, 0.25) is 5.91 Å². The first-order chi connectivity index (χ1) is 6.97. The lowest BCUT2D eigenvalue weighted by atomic mass is 10.2. The van der Waals surface area contributed by atoms with Gasteiger partial charge in [0.25, 0.3) is 16.1 Å². The first-order valence-corrected chi connectivity index (χ1v) is 5.15. The third kappa shape index (κ3) is 2.49. The fourth-order valence-corrected chi connectivity index (χ4v) is 1.58. The normalized spacial score (nSPS) is 10.4. The molecular formula is C8H6N2O4S. The number of primary amides is 1. The van der Waals surface area contributed by atoms with Crippen LogP contribution in [0.1, 0.15) is 10.4 Å². The Morgan fingerprint density at radius 1 is 1.27 bits per heavy atom. The van der Waals surface area contributed by atoms with Gasteiger partial charge in [-0.05, 0) is 24.3 Å². The molecule has 1 amide bonds. The molecule has 0 saturated carbocycles. The molecule has 0 saturated heterocycles. The topological polar surface area (TPSA) is 107 Å². The number of isocyanates is 1. The van der Waals surface area contributed by atoms with Crippen LogP contribution in [0.4, 0.5) is 0 Å². The summed E-state index contributed by atoms with van der Waals surface area (Å²) in [6.07, 6.45) is 0.939. The first-order valence-electron chi connectivity index (χ1n) is 3.71. The molecule has 0 radical (unpaired) electrons. The van der Waals surface area contributed by atoms with Crippen molar-refractivity contribution < 1.29 is 18.0 Å². The molecule has 0 aliphatic rings. The number of hydrogen-bond acceptors (Lipinski definition) is 4. The molecule has 0 aliphatic carbocycles. The van der Waals surface area contributed by atoms with Crippen molar-refractivity contribution in [1.82, 2.24) is 0 Å². The van der Waals surface area contributed by atoms with E-state index in [1.165, 1.54) is 12.1 Å². The smallest absolute Gasteiger partial charge is 0.292 e. The van der Waals surface area contributed by atoms with Gasteiger partial charge in [-0.25, -0.2) is 4.79 Å². The van der Waals surface area contributed by atoms with Crippen LogP contribution < -0.4 is 5.73 Å². The molecule has 1 aromatic carbocycles. The zero-order chi connectivity index (χ0) is 11.5. The monoisotopic (exact) mass is 226 g/mol. The molecule has 78 valence electrons. The SMILES string of the molecule is NC(=O)c1ccc(S(=O)(=O)N=C=O)cc1. The van der Waals surface area contributed by atoms with Crippen molar-refractivity contribution in [2.75, 3.05) is 0 Å². The maximum absolute atomic E-state index is 11.2. The van der Waals surface area contributed by atoms with E-state index >= 15 is 0 Å². The fourth-order valence-electron chi connectivity index (χ4n) is 0.893. The molecule has 0 unspecified atom stereocenters. The molecule has 7 heteroatoms. The van der Waals surface area contributed by atoms with E-state index in [0.717, 1.165) is 18.2 Å². The molecule has 0 fully saturated rings. The van der Waals surface area contributed by atoms with Gasteiger partial charge in [0.15, 0.2) is 0 Å². The number of amides is 1. The van der Waals surface area contributed by atoms with Gasteiger partial charge >= 0.3 is 0 Å². The van der Waals surface area contributed by atoms with Gasteiger partial charge in [-0.2, -0.15) is 8.42 Å². The summed E-state index contributed by atoms with van der Waals surface area (Å²) >= 11 is 0. The van der Waals surface area contributed by atoms with Crippen molar-refractivity contribution in [3.8, 4) is 0 Å². The van der Waals surface area contributed by atoms with Crippen LogP contribution in [0.25, 0.3) is 0 Å². The third-order valence-electron chi connectivity index (χ3n) is 1.59. The Hall–Kier alpha value is -1.98. The summed E-state index contributed by atoms with van der Waals surface area (Å²) in [5.41, 5.74) is 5.13. The summed E-state index contributed by atoms with van der Waals surface area (Å²) in [5.74, 6) is -0.669. The summed E-state index contributed by atoms with van der Waals surface area (Å²) in [4.78, 5) is 20.3. The average molecular weight is 226 g/mol. The van der Waals surface area contributed by atoms with E-state index in [1.54, 1.807) is 0 Å². The third-order valence-corrected chi connectivity index (χ3v) is 2.78. The second kappa shape index (κ2) is 4.04. The van der Waals surface area contributed by atoms with Crippen molar-refractivity contribution in [1.29, 1.82) is 0 Å². The molecule has 0 spiro atoms. The van der Waals surface area contributed by atoms with E-state index < -0.39 is 15.9 Å². The second-order valence-electron chi connectivity index (χ2n) is 2.55. The lowest BCUT2D eigenvalue weighted by Crippen LogP contribution is -2.10. The zero-order valence-electron chi connectivity index (χ0n) is 7.38. The number of rotatable bonds is 3. The van der Waals surface area contributed by atoms with Crippen LogP contribution in [0.5, 0.6) is 0 Å². The Balaban J connectivity index is 3.21. The van der Waals surface area contributed by atoms with Gasteiger partial charge < -0.3 is 5.73 Å². The van der Waals surface area contributed by atoms with E-state index in [2.05, 4.69) is 4.40 Å². The predicted octanol–water partition coefficient (Wildman–Crippen LogP) is -0.190. The number of carbonyl (C=O) groups is 1. The standard InChI is InChI=1S/C8H6N2O4S/c9-8(12)6-1-3-7(4-2-6)15(13,14)10-5-11/h1-4H,(H2,9,12). The molecule has 0 aromatic heterocycles. The molecule has 6 nitrogen and oxygen atoms in total. The van der Waals surface area contributed by atoms with Crippen molar-refractivity contribution >= 4 is 22.0 Å². The minimum absolute atomic E-state index is 0.170. The Kier molecular flexibility index (Phi) is 2.99. The van der Waals surface area contributed by atoms with Gasteiger partial charge in [0.05, 0.1) is 4.90 Å². The van der Waals surface area contributed by atoms with Gasteiger partial charge in [0.1, 0.15) is 0 Å². The van der Waals surface area contributed by atoms with Crippen LogP contribution in [0.2, 0.25) is 0 Å². The Morgan fingerprint density at radius 3 is 2.20 bits per heavy atom. The molecule has 1 rings (SSSR count). The summed E-state index contributed by atoms with van der Waals surface area (Å²) in [6.45, 7) is 0. The Labute approximate surface area is 85.5 Å². The summed E-state index contributed by atoms with van der Waals surface area (Å²) in [7, 11) is -4.00. The van der Waals surface area contributed by atoms with Crippen LogP contribution in [-0.4, -0.2) is 20.4 Å². The van der Waals surface area contributed by atoms with Crippen LogP contribution in [-0.2, 0) is 14.8 Å². The van der Waals surface area contributed by atoms with E-state index in [0.29, 0.717) is 0 Å². The van der Waals surface area contributed by atoms with Gasteiger partial charge in [-0.1, -0.05) is 4.40 Å². The quantitative estimate of drug-likeness (QED) is 0.569. The molecular weight excluding hydrogens is 220 g/mol. The van der Waals surface area contributed by atoms with E-state index in [4.69, 9.17) is 5.73 Å². The molecule has 1 aromatic rings. The van der Waals surface area contributed by atoms with Gasteiger partial charge in [0, 0.05) is 5.56 Å². The number of nitrogens with two attached hydrogens (primary N) is 1. The first kappa shape index (κ1) is 11.1. The summed E-state index contributed by atoms with van der Waals surface area (Å²) in [5, 5.41) is 0. The molecule has 15 heavy (non-hydrogen) atoms. The largest absolute Gasteiger partial charge is 0.366 e. The molecule has 0 atom stereocenters. The maximum Gasteiger partial charge on any atom is 0.292 e. The number of nitrogens with zero attached hydrogens (tertiary/aromatic N) is 1.